The number of halogens is 1. The van der Waals surface area contributed by atoms with Crippen molar-refractivity contribution in [1.82, 2.24) is 19.6 Å². The summed E-state index contributed by atoms with van der Waals surface area (Å²) in [6.07, 6.45) is 3.53. The molecular formula is C24H19ClN6. The van der Waals surface area contributed by atoms with E-state index in [9.17, 15) is 0 Å². The molecule has 2 aromatic carbocycles. The molecule has 152 valence electrons. The topological polar surface area (TPSA) is 67.5 Å². The van der Waals surface area contributed by atoms with E-state index in [-0.39, 0.29) is 0 Å². The second-order valence-electron chi connectivity index (χ2n) is 7.33. The fourth-order valence-corrected chi connectivity index (χ4v) is 3.77. The van der Waals surface area contributed by atoms with E-state index in [1.54, 1.807) is 6.21 Å². The van der Waals surface area contributed by atoms with Crippen molar-refractivity contribution in [1.29, 1.82) is 0 Å². The van der Waals surface area contributed by atoms with E-state index in [1.807, 2.05) is 53.1 Å². The van der Waals surface area contributed by atoms with Gasteiger partial charge in [0.15, 0.2) is 11.0 Å². The molecule has 0 aliphatic carbocycles. The van der Waals surface area contributed by atoms with Gasteiger partial charge in [-0.1, -0.05) is 54.1 Å². The summed E-state index contributed by atoms with van der Waals surface area (Å²) < 4.78 is 1.88. The lowest BCUT2D eigenvalue weighted by molar-refractivity contribution is 1.04. The number of aryl methyl sites for hydroxylation is 2. The number of hydrogen-bond acceptors (Lipinski definition) is 5. The Bertz CT molecular complexity index is 1450. The number of hydrazone groups is 1. The van der Waals surface area contributed by atoms with Crippen LogP contribution in [0.5, 0.6) is 0 Å². The number of benzene rings is 2. The molecule has 0 bridgehead atoms. The van der Waals surface area contributed by atoms with Crippen molar-refractivity contribution in [2.75, 3.05) is 5.43 Å². The molecule has 5 rings (SSSR count). The predicted molar refractivity (Wildman–Crippen MR) is 126 cm³/mol. The number of imidazole rings is 1. The fraction of sp³-hybridized carbons (Fsp3) is 0.0833. The van der Waals surface area contributed by atoms with Gasteiger partial charge in [0, 0.05) is 22.5 Å². The second kappa shape index (κ2) is 7.81. The fourth-order valence-electron chi connectivity index (χ4n) is 3.54. The zero-order valence-electron chi connectivity index (χ0n) is 17.0. The summed E-state index contributed by atoms with van der Waals surface area (Å²) in [7, 11) is 0. The number of pyridine rings is 1. The lowest BCUT2D eigenvalue weighted by Crippen LogP contribution is -2.00. The quantitative estimate of drug-likeness (QED) is 0.297. The number of nitrogens with zero attached hydrogens (tertiary/aromatic N) is 5. The van der Waals surface area contributed by atoms with Gasteiger partial charge in [0.05, 0.1) is 6.21 Å². The largest absolute Gasteiger partial charge is 0.297 e. The summed E-state index contributed by atoms with van der Waals surface area (Å²) >= 11 is 6.28. The van der Waals surface area contributed by atoms with Gasteiger partial charge in [0.1, 0.15) is 17.0 Å². The van der Waals surface area contributed by atoms with Crippen LogP contribution < -0.4 is 5.43 Å². The average molecular weight is 427 g/mol. The molecule has 6 nitrogen and oxygen atoms in total. The smallest absolute Gasteiger partial charge is 0.176 e. The van der Waals surface area contributed by atoms with Crippen LogP contribution in [0.25, 0.3) is 27.7 Å². The van der Waals surface area contributed by atoms with Crippen LogP contribution in [-0.2, 0) is 0 Å². The molecule has 0 aliphatic rings. The molecule has 0 saturated carbocycles. The van der Waals surface area contributed by atoms with Crippen molar-refractivity contribution in [3.05, 3.63) is 88.8 Å². The van der Waals surface area contributed by atoms with Gasteiger partial charge in [-0.2, -0.15) is 5.10 Å². The summed E-state index contributed by atoms with van der Waals surface area (Å²) in [5.74, 6) is 0.573. The van der Waals surface area contributed by atoms with E-state index in [0.29, 0.717) is 16.7 Å². The first-order valence-corrected chi connectivity index (χ1v) is 10.2. The number of nitrogens with one attached hydrogen (secondary N) is 1. The summed E-state index contributed by atoms with van der Waals surface area (Å²) in [4.78, 5) is 4.33. The van der Waals surface area contributed by atoms with Gasteiger partial charge in [0.2, 0.25) is 0 Å². The highest BCUT2D eigenvalue weighted by Crippen LogP contribution is 2.30. The molecule has 3 aromatic heterocycles. The summed E-state index contributed by atoms with van der Waals surface area (Å²) in [5, 5.41) is 15.6. The molecule has 1 N–H and O–H groups in total. The van der Waals surface area contributed by atoms with Gasteiger partial charge in [-0.3, -0.25) is 9.83 Å². The molecule has 0 atom stereocenters. The van der Waals surface area contributed by atoms with Crippen molar-refractivity contribution < 1.29 is 0 Å². The first kappa shape index (κ1) is 19.2. The van der Waals surface area contributed by atoms with E-state index in [1.165, 1.54) is 11.1 Å². The van der Waals surface area contributed by atoms with Gasteiger partial charge >= 0.3 is 0 Å². The average Bonchev–Trinajstić information content (AvgIpc) is 3.11. The second-order valence-corrected chi connectivity index (χ2v) is 7.69. The molecule has 0 unspecified atom stereocenters. The minimum atomic E-state index is 0.387. The van der Waals surface area contributed by atoms with Crippen LogP contribution in [0, 0.1) is 13.8 Å². The Balaban J connectivity index is 1.52. The predicted octanol–water partition coefficient (Wildman–Crippen LogP) is 5.66. The highest BCUT2D eigenvalue weighted by atomic mass is 35.5. The van der Waals surface area contributed by atoms with Crippen LogP contribution in [0.1, 0.15) is 16.8 Å². The van der Waals surface area contributed by atoms with Gasteiger partial charge in [0.25, 0.3) is 0 Å². The zero-order valence-corrected chi connectivity index (χ0v) is 17.8. The van der Waals surface area contributed by atoms with Crippen LogP contribution in [0.3, 0.4) is 0 Å². The molecule has 0 spiro atoms. The van der Waals surface area contributed by atoms with E-state index in [0.717, 1.165) is 27.7 Å². The third kappa shape index (κ3) is 3.51. The molecule has 5 aromatic rings. The van der Waals surface area contributed by atoms with E-state index in [4.69, 9.17) is 11.6 Å². The van der Waals surface area contributed by atoms with Crippen LogP contribution in [0.4, 0.5) is 5.82 Å². The van der Waals surface area contributed by atoms with Crippen molar-refractivity contribution in [3.63, 3.8) is 0 Å². The highest BCUT2D eigenvalue weighted by molar-refractivity contribution is 6.32. The zero-order chi connectivity index (χ0) is 21.4. The first-order valence-electron chi connectivity index (χ1n) is 9.86. The number of anilines is 1. The lowest BCUT2D eigenvalue weighted by atomic mass is 10.0. The molecule has 3 heterocycles. The van der Waals surface area contributed by atoms with Crippen LogP contribution in [-0.4, -0.2) is 25.8 Å². The van der Waals surface area contributed by atoms with E-state index >= 15 is 0 Å². The van der Waals surface area contributed by atoms with Crippen molar-refractivity contribution in [3.8, 4) is 11.3 Å². The number of hydrogen-bond donors (Lipinski definition) is 1. The number of aromatic nitrogens is 4. The molecule has 7 heteroatoms. The van der Waals surface area contributed by atoms with Gasteiger partial charge in [-0.25, -0.2) is 4.98 Å². The maximum atomic E-state index is 6.28. The number of rotatable bonds is 4. The molecule has 0 fully saturated rings. The Kier molecular flexibility index (Phi) is 4.84. The van der Waals surface area contributed by atoms with Crippen molar-refractivity contribution in [2.45, 2.75) is 13.8 Å². The Morgan fingerprint density at radius 3 is 2.58 bits per heavy atom. The minimum Gasteiger partial charge on any atom is -0.297 e. The molecule has 0 amide bonds. The third-order valence-corrected chi connectivity index (χ3v) is 5.63. The van der Waals surface area contributed by atoms with Crippen molar-refractivity contribution in [2.24, 2.45) is 5.10 Å². The SMILES string of the molecule is Cc1ccc(-c2nnc(N/N=C\c3c(Cl)nc4ccccn34)c3ccccc23)cc1C. The molecular weight excluding hydrogens is 408 g/mol. The minimum absolute atomic E-state index is 0.387. The maximum Gasteiger partial charge on any atom is 0.176 e. The normalized spacial score (nSPS) is 11.6. The van der Waals surface area contributed by atoms with Gasteiger partial charge < -0.3 is 0 Å². The lowest BCUT2D eigenvalue weighted by Gasteiger charge is -2.10. The van der Waals surface area contributed by atoms with Crippen LogP contribution in [0.2, 0.25) is 5.15 Å². The standard InChI is InChI=1S/C24H19ClN6/c1-15-10-11-17(13-16(15)2)22-18-7-3-4-8-19(18)24(30-28-22)29-26-14-20-23(25)27-21-9-5-6-12-31(20)21/h3-14H,1-2H3,(H,29,30)/b26-14-. The van der Waals surface area contributed by atoms with Crippen molar-refractivity contribution >= 4 is 40.1 Å². The Morgan fingerprint density at radius 1 is 0.935 bits per heavy atom. The molecule has 0 saturated heterocycles. The molecule has 31 heavy (non-hydrogen) atoms. The van der Waals surface area contributed by atoms with Crippen LogP contribution in [0.15, 0.2) is 72.0 Å². The maximum absolute atomic E-state index is 6.28. The van der Waals surface area contributed by atoms with Gasteiger partial charge in [-0.15, -0.1) is 10.2 Å². The Labute approximate surface area is 184 Å². The monoisotopic (exact) mass is 426 g/mol. The van der Waals surface area contributed by atoms with Gasteiger partial charge in [-0.05, 0) is 43.2 Å². The summed E-state index contributed by atoms with van der Waals surface area (Å²) in [6, 6.07) is 20.1. The van der Waals surface area contributed by atoms with E-state index in [2.05, 4.69) is 57.8 Å². The first-order chi connectivity index (χ1) is 15.1. The molecule has 0 radical (unpaired) electrons. The summed E-state index contributed by atoms with van der Waals surface area (Å²) in [6.45, 7) is 4.20. The summed E-state index contributed by atoms with van der Waals surface area (Å²) in [5.41, 5.74) is 8.82. The number of fused-ring (bicyclic) bond motifs is 2. The highest BCUT2D eigenvalue weighted by Gasteiger charge is 2.12. The van der Waals surface area contributed by atoms with Crippen LogP contribution >= 0.6 is 11.6 Å². The Hall–Kier alpha value is -3.77. The Morgan fingerprint density at radius 2 is 1.74 bits per heavy atom. The third-order valence-electron chi connectivity index (χ3n) is 5.35. The van der Waals surface area contributed by atoms with E-state index < -0.39 is 0 Å². The molecule has 0 aliphatic heterocycles.